The average molecular weight is 376 g/mol. The van der Waals surface area contributed by atoms with E-state index in [4.69, 9.17) is 0 Å². The van der Waals surface area contributed by atoms with Crippen LogP contribution in [0.1, 0.15) is 10.4 Å². The SMILES string of the molecule is O=C(Nc1cc(Br)cnc1OCC(F)(F)F)c1ccncc1. The number of nitrogens with one attached hydrogen (secondary N) is 1. The molecular weight excluding hydrogens is 367 g/mol. The van der Waals surface area contributed by atoms with Crippen molar-refractivity contribution in [2.45, 2.75) is 6.18 Å². The van der Waals surface area contributed by atoms with Crippen LogP contribution in [0.25, 0.3) is 0 Å². The zero-order valence-corrected chi connectivity index (χ0v) is 12.5. The van der Waals surface area contributed by atoms with Crippen LogP contribution in [-0.4, -0.2) is 28.7 Å². The van der Waals surface area contributed by atoms with Crippen LogP contribution in [0.2, 0.25) is 0 Å². The van der Waals surface area contributed by atoms with Gasteiger partial charge in [-0.3, -0.25) is 9.78 Å². The number of nitrogens with zero attached hydrogens (tertiary/aromatic N) is 2. The molecule has 22 heavy (non-hydrogen) atoms. The molecule has 9 heteroatoms. The van der Waals surface area contributed by atoms with Gasteiger partial charge in [0.15, 0.2) is 6.61 Å². The number of halogens is 4. The summed E-state index contributed by atoms with van der Waals surface area (Å²) in [4.78, 5) is 19.5. The van der Waals surface area contributed by atoms with Gasteiger partial charge < -0.3 is 10.1 Å². The fraction of sp³-hybridized carbons (Fsp3) is 0.154. The van der Waals surface area contributed by atoms with E-state index < -0.39 is 18.7 Å². The van der Waals surface area contributed by atoms with Gasteiger partial charge in [0, 0.05) is 28.6 Å². The molecule has 0 bridgehead atoms. The lowest BCUT2D eigenvalue weighted by Gasteiger charge is -2.13. The topological polar surface area (TPSA) is 64.1 Å². The van der Waals surface area contributed by atoms with Crippen LogP contribution in [0.3, 0.4) is 0 Å². The largest absolute Gasteiger partial charge is 0.467 e. The number of anilines is 1. The highest BCUT2D eigenvalue weighted by Crippen LogP contribution is 2.27. The molecule has 0 aliphatic heterocycles. The predicted octanol–water partition coefficient (Wildman–Crippen LogP) is 3.43. The Balaban J connectivity index is 2.18. The Labute approximate surface area is 131 Å². The van der Waals surface area contributed by atoms with Crippen molar-refractivity contribution in [3.8, 4) is 5.88 Å². The number of alkyl halides is 3. The third-order valence-corrected chi connectivity index (χ3v) is 2.81. The molecular formula is C13H9BrF3N3O2. The molecule has 0 unspecified atom stereocenters. The van der Waals surface area contributed by atoms with E-state index in [9.17, 15) is 18.0 Å². The summed E-state index contributed by atoms with van der Waals surface area (Å²) in [6.07, 6.45) is -0.376. The van der Waals surface area contributed by atoms with Gasteiger partial charge in [-0.25, -0.2) is 4.98 Å². The molecule has 0 aromatic carbocycles. The van der Waals surface area contributed by atoms with E-state index in [2.05, 4.69) is 36.0 Å². The Morgan fingerprint density at radius 3 is 2.64 bits per heavy atom. The first-order valence-corrected chi connectivity index (χ1v) is 6.71. The summed E-state index contributed by atoms with van der Waals surface area (Å²) >= 11 is 3.13. The molecule has 0 radical (unpaired) electrons. The van der Waals surface area contributed by atoms with Gasteiger partial charge >= 0.3 is 6.18 Å². The molecule has 0 atom stereocenters. The normalized spacial score (nSPS) is 11.1. The summed E-state index contributed by atoms with van der Waals surface area (Å²) < 4.78 is 41.8. The van der Waals surface area contributed by atoms with Gasteiger partial charge in [0.25, 0.3) is 5.91 Å². The van der Waals surface area contributed by atoms with Crippen molar-refractivity contribution in [2.24, 2.45) is 0 Å². The van der Waals surface area contributed by atoms with Gasteiger partial charge in [-0.2, -0.15) is 13.2 Å². The average Bonchev–Trinajstić information content (AvgIpc) is 2.46. The molecule has 0 saturated heterocycles. The molecule has 2 rings (SSSR count). The standard InChI is InChI=1S/C13H9BrF3N3O2/c14-9-5-10(12(19-6-9)22-7-13(15,16)17)20-11(21)8-1-3-18-4-2-8/h1-6H,7H2,(H,20,21). The van der Waals surface area contributed by atoms with Gasteiger partial charge in [-0.05, 0) is 34.1 Å². The molecule has 2 aromatic rings. The lowest BCUT2D eigenvalue weighted by Crippen LogP contribution is -2.21. The number of amides is 1. The van der Waals surface area contributed by atoms with Crippen LogP contribution in [-0.2, 0) is 0 Å². The fourth-order valence-electron chi connectivity index (χ4n) is 1.48. The van der Waals surface area contributed by atoms with Crippen LogP contribution in [0, 0.1) is 0 Å². The lowest BCUT2D eigenvalue weighted by atomic mass is 10.2. The van der Waals surface area contributed by atoms with Crippen molar-refractivity contribution < 1.29 is 22.7 Å². The molecule has 1 amide bonds. The van der Waals surface area contributed by atoms with Crippen molar-refractivity contribution in [3.05, 3.63) is 46.8 Å². The van der Waals surface area contributed by atoms with Gasteiger partial charge in [-0.1, -0.05) is 0 Å². The molecule has 0 saturated carbocycles. The number of ether oxygens (including phenoxy) is 1. The second kappa shape index (κ2) is 6.73. The molecule has 5 nitrogen and oxygen atoms in total. The first-order chi connectivity index (χ1) is 10.3. The Hall–Kier alpha value is -2.16. The van der Waals surface area contributed by atoms with Crippen molar-refractivity contribution in [1.29, 1.82) is 0 Å². The summed E-state index contributed by atoms with van der Waals surface area (Å²) in [6, 6.07) is 4.34. The maximum Gasteiger partial charge on any atom is 0.422 e. The van der Waals surface area contributed by atoms with Gasteiger partial charge in [0.2, 0.25) is 5.88 Å². The first kappa shape index (κ1) is 16.2. The van der Waals surface area contributed by atoms with E-state index in [1.54, 1.807) is 0 Å². The quantitative estimate of drug-likeness (QED) is 0.888. The highest BCUT2D eigenvalue weighted by Gasteiger charge is 2.29. The Morgan fingerprint density at radius 2 is 2.00 bits per heavy atom. The van der Waals surface area contributed by atoms with E-state index in [-0.39, 0.29) is 11.6 Å². The second-order valence-electron chi connectivity index (χ2n) is 4.10. The smallest absolute Gasteiger partial charge is 0.422 e. The number of hydrogen-bond acceptors (Lipinski definition) is 4. The zero-order valence-electron chi connectivity index (χ0n) is 10.9. The molecule has 0 aliphatic rings. The van der Waals surface area contributed by atoms with Gasteiger partial charge in [-0.15, -0.1) is 0 Å². The number of hydrogen-bond donors (Lipinski definition) is 1. The Kier molecular flexibility index (Phi) is 4.96. The number of aromatic nitrogens is 2. The van der Waals surface area contributed by atoms with E-state index in [1.807, 2.05) is 0 Å². The van der Waals surface area contributed by atoms with Crippen molar-refractivity contribution in [1.82, 2.24) is 9.97 Å². The Morgan fingerprint density at radius 1 is 1.32 bits per heavy atom. The number of carbonyl (C=O) groups is 1. The fourth-order valence-corrected chi connectivity index (χ4v) is 1.81. The summed E-state index contributed by atoms with van der Waals surface area (Å²) in [5.41, 5.74) is 0.331. The molecule has 0 aliphatic carbocycles. The molecule has 0 spiro atoms. The van der Waals surface area contributed by atoms with E-state index in [0.717, 1.165) is 0 Å². The Bertz CT molecular complexity index is 665. The molecule has 2 aromatic heterocycles. The third-order valence-electron chi connectivity index (χ3n) is 2.38. The van der Waals surface area contributed by atoms with E-state index in [0.29, 0.717) is 10.0 Å². The highest BCUT2D eigenvalue weighted by molar-refractivity contribution is 9.10. The number of carbonyl (C=O) groups excluding carboxylic acids is 1. The van der Waals surface area contributed by atoms with Crippen LogP contribution in [0.5, 0.6) is 5.88 Å². The van der Waals surface area contributed by atoms with E-state index >= 15 is 0 Å². The zero-order chi connectivity index (χ0) is 16.2. The minimum absolute atomic E-state index is 0.0282. The highest BCUT2D eigenvalue weighted by atomic mass is 79.9. The molecule has 0 fully saturated rings. The number of pyridine rings is 2. The summed E-state index contributed by atoms with van der Waals surface area (Å²) in [5.74, 6) is -0.831. The predicted molar refractivity (Wildman–Crippen MR) is 75.7 cm³/mol. The van der Waals surface area contributed by atoms with Crippen molar-refractivity contribution in [2.75, 3.05) is 11.9 Å². The van der Waals surface area contributed by atoms with Crippen LogP contribution in [0.15, 0.2) is 41.3 Å². The van der Waals surface area contributed by atoms with Crippen molar-refractivity contribution >= 4 is 27.5 Å². The molecule has 1 N–H and O–H groups in total. The van der Waals surface area contributed by atoms with Crippen LogP contribution < -0.4 is 10.1 Å². The first-order valence-electron chi connectivity index (χ1n) is 5.91. The van der Waals surface area contributed by atoms with Crippen LogP contribution >= 0.6 is 15.9 Å². The summed E-state index contributed by atoms with van der Waals surface area (Å²) in [6.45, 7) is -1.50. The monoisotopic (exact) mass is 375 g/mol. The van der Waals surface area contributed by atoms with E-state index in [1.165, 1.54) is 36.8 Å². The third kappa shape index (κ3) is 4.69. The number of rotatable bonds is 4. The van der Waals surface area contributed by atoms with Crippen molar-refractivity contribution in [3.63, 3.8) is 0 Å². The maximum atomic E-state index is 12.2. The lowest BCUT2D eigenvalue weighted by molar-refractivity contribution is -0.153. The van der Waals surface area contributed by atoms with Crippen LogP contribution in [0.4, 0.5) is 18.9 Å². The second-order valence-corrected chi connectivity index (χ2v) is 5.02. The maximum absolute atomic E-state index is 12.2. The van der Waals surface area contributed by atoms with Gasteiger partial charge in [0.1, 0.15) is 5.69 Å². The summed E-state index contributed by atoms with van der Waals surface area (Å²) in [5, 5.41) is 2.45. The minimum Gasteiger partial charge on any atom is -0.467 e. The summed E-state index contributed by atoms with van der Waals surface area (Å²) in [7, 11) is 0. The molecule has 2 heterocycles. The minimum atomic E-state index is -4.50. The molecule has 116 valence electrons. The van der Waals surface area contributed by atoms with Gasteiger partial charge in [0.05, 0.1) is 0 Å².